The summed E-state index contributed by atoms with van der Waals surface area (Å²) >= 11 is 39.4. The van der Waals surface area contributed by atoms with Gasteiger partial charge in [-0.2, -0.15) is 0 Å². The number of carbonyl (C=O) groups is 4. The Morgan fingerprint density at radius 1 is 0.902 bits per heavy atom. The number of carbonyl (C=O) groups excluding carboxylic acids is 4. The van der Waals surface area contributed by atoms with Gasteiger partial charge in [0.05, 0.1) is 33.5 Å². The molecule has 2 aromatic carbocycles. The van der Waals surface area contributed by atoms with Gasteiger partial charge in [-0.15, -0.1) is 23.2 Å². The lowest BCUT2D eigenvalue weighted by molar-refractivity contribution is -0.139. The molecule has 0 radical (unpaired) electrons. The molecule has 2 bridgehead atoms. The molecule has 2 saturated heterocycles. The Morgan fingerprint density at radius 2 is 1.51 bits per heavy atom. The quantitative estimate of drug-likeness (QED) is 0.166. The van der Waals surface area contributed by atoms with E-state index in [0.717, 1.165) is 16.2 Å². The molecule has 13 heteroatoms. The highest BCUT2D eigenvalue weighted by atomic mass is 35.5. The van der Waals surface area contributed by atoms with Gasteiger partial charge in [-0.3, -0.25) is 19.2 Å². The smallest absolute Gasteiger partial charge is 0.316 e. The van der Waals surface area contributed by atoms with Crippen LogP contribution in [0, 0.1) is 31.6 Å². The molecule has 2 aliphatic carbocycles. The Hall–Kier alpha value is -2.00. The molecule has 4 aliphatic rings. The summed E-state index contributed by atoms with van der Waals surface area (Å²) in [5.41, 5.74) is 2.41. The lowest BCUT2D eigenvalue weighted by atomic mass is 9.84. The van der Waals surface area contributed by atoms with Crippen LogP contribution in [-0.2, 0) is 19.2 Å². The predicted octanol–water partition coefficient (Wildman–Crippen LogP) is 6.21. The van der Waals surface area contributed by atoms with Crippen LogP contribution >= 0.6 is 69.6 Å². The summed E-state index contributed by atoms with van der Waals surface area (Å²) in [6, 6.07) is 11.9. The number of esters is 1. The van der Waals surface area contributed by atoms with Crippen molar-refractivity contribution in [1.82, 2.24) is 0 Å². The molecule has 2 aliphatic heterocycles. The summed E-state index contributed by atoms with van der Waals surface area (Å²) < 4.78 is 3.57. The molecule has 5 atom stereocenters. The van der Waals surface area contributed by atoms with E-state index >= 15 is 0 Å². The SMILES string of the molecule is Cc1cccc(N2C[C@@H](C(=O)Oc3ccc(N4C(=O)[C@@H]5[C@H](C4=O)[C@@]4(Cl)C(Cl)=C(Cl)[C@@]5(Cl)C4(Cl)Cl)c(C)c3)CC2=O)c1. The lowest BCUT2D eigenvalue weighted by Gasteiger charge is -2.34. The van der Waals surface area contributed by atoms with Crippen molar-refractivity contribution in [2.24, 2.45) is 17.8 Å². The van der Waals surface area contributed by atoms with Gasteiger partial charge in [0.25, 0.3) is 0 Å². The highest BCUT2D eigenvalue weighted by Crippen LogP contribution is 2.77. The van der Waals surface area contributed by atoms with E-state index in [4.69, 9.17) is 74.3 Å². The summed E-state index contributed by atoms with van der Waals surface area (Å²) in [5, 5.41) is -0.342. The zero-order valence-corrected chi connectivity index (χ0v) is 25.9. The van der Waals surface area contributed by atoms with E-state index in [1.807, 2.05) is 31.2 Å². The normalized spacial score (nSPS) is 31.9. The number of rotatable bonds is 4. The van der Waals surface area contributed by atoms with Crippen LogP contribution in [0.2, 0.25) is 0 Å². The van der Waals surface area contributed by atoms with Gasteiger partial charge in [0, 0.05) is 18.7 Å². The molecular formula is C28H20Cl6N2O5. The lowest BCUT2D eigenvalue weighted by Crippen LogP contribution is -2.50. The van der Waals surface area contributed by atoms with E-state index in [1.54, 1.807) is 11.8 Å². The van der Waals surface area contributed by atoms with Gasteiger partial charge in [0.2, 0.25) is 17.7 Å². The van der Waals surface area contributed by atoms with Crippen LogP contribution in [0.15, 0.2) is 52.5 Å². The molecule has 0 aromatic heterocycles. The Morgan fingerprint density at radius 3 is 2.07 bits per heavy atom. The summed E-state index contributed by atoms with van der Waals surface area (Å²) in [5.74, 6) is -5.08. The van der Waals surface area contributed by atoms with Crippen molar-refractivity contribution in [1.29, 1.82) is 0 Å². The fraction of sp³-hybridized carbons (Fsp3) is 0.357. The minimum absolute atomic E-state index is 0.0194. The van der Waals surface area contributed by atoms with Crippen LogP contribution < -0.4 is 14.5 Å². The van der Waals surface area contributed by atoms with Gasteiger partial charge in [-0.25, -0.2) is 4.90 Å². The molecule has 3 fully saturated rings. The number of aryl methyl sites for hydroxylation is 2. The molecule has 0 spiro atoms. The molecule has 214 valence electrons. The minimum Gasteiger partial charge on any atom is -0.426 e. The fourth-order valence-electron chi connectivity index (χ4n) is 6.29. The molecule has 6 rings (SSSR count). The Bertz CT molecular complexity index is 1560. The standard InChI is InChI=1S/C28H20Cl6N2O5/c1-12-4-3-5-15(8-12)35-11-14(10-18(35)37)25(40)41-16-6-7-17(13(2)9-16)36-23(38)19-20(24(36)39)27(32)22(30)21(29)26(19,31)28(27,33)34/h3-9,14,19-20H,10-11H2,1-2H3/t14-,19-,20+,26+,27+/m0/s1. The van der Waals surface area contributed by atoms with Crippen LogP contribution in [0.25, 0.3) is 0 Å². The molecule has 2 heterocycles. The van der Waals surface area contributed by atoms with Gasteiger partial charge >= 0.3 is 5.97 Å². The number of anilines is 2. The average molecular weight is 677 g/mol. The molecule has 2 aromatic rings. The first-order chi connectivity index (χ1) is 19.2. The van der Waals surface area contributed by atoms with Crippen LogP contribution in [0.4, 0.5) is 11.4 Å². The first-order valence-corrected chi connectivity index (χ1v) is 14.8. The number of ether oxygens (including phenoxy) is 1. The van der Waals surface area contributed by atoms with E-state index in [-0.39, 0.29) is 40.4 Å². The molecule has 41 heavy (non-hydrogen) atoms. The van der Waals surface area contributed by atoms with Crippen molar-refractivity contribution in [3.05, 3.63) is 63.7 Å². The maximum Gasteiger partial charge on any atom is 0.316 e. The zero-order chi connectivity index (χ0) is 29.8. The van der Waals surface area contributed by atoms with Crippen molar-refractivity contribution in [3.8, 4) is 5.75 Å². The van der Waals surface area contributed by atoms with E-state index < -0.39 is 49.6 Å². The Labute approximate surface area is 265 Å². The number of amides is 3. The van der Waals surface area contributed by atoms with Crippen LogP contribution in [0.3, 0.4) is 0 Å². The van der Waals surface area contributed by atoms with Gasteiger partial charge < -0.3 is 9.64 Å². The minimum atomic E-state index is -2.02. The molecule has 7 nitrogen and oxygen atoms in total. The maximum absolute atomic E-state index is 13.7. The average Bonchev–Trinajstić information content (AvgIpc) is 3.50. The Kier molecular flexibility index (Phi) is 6.74. The fourth-order valence-corrected chi connectivity index (χ4v) is 9.21. The first kappa shape index (κ1) is 29.1. The van der Waals surface area contributed by atoms with E-state index in [2.05, 4.69) is 0 Å². The number of hydrogen-bond donors (Lipinski definition) is 0. The van der Waals surface area contributed by atoms with Crippen molar-refractivity contribution in [2.45, 2.75) is 34.3 Å². The number of imide groups is 1. The highest BCUT2D eigenvalue weighted by molar-refractivity contribution is 6.67. The van der Waals surface area contributed by atoms with Gasteiger partial charge in [-0.05, 0) is 55.3 Å². The van der Waals surface area contributed by atoms with Crippen molar-refractivity contribution >= 4 is 105 Å². The molecule has 0 N–H and O–H groups in total. The predicted molar refractivity (Wildman–Crippen MR) is 158 cm³/mol. The molecule has 3 amide bonds. The maximum atomic E-state index is 13.7. The zero-order valence-electron chi connectivity index (χ0n) is 21.4. The van der Waals surface area contributed by atoms with Gasteiger partial charge in [-0.1, -0.05) is 58.5 Å². The monoisotopic (exact) mass is 674 g/mol. The number of alkyl halides is 4. The summed E-state index contributed by atoms with van der Waals surface area (Å²) in [7, 11) is 0. The highest BCUT2D eigenvalue weighted by Gasteiger charge is 2.87. The second-order valence-electron chi connectivity index (χ2n) is 10.7. The van der Waals surface area contributed by atoms with Gasteiger partial charge in [0.15, 0.2) is 4.33 Å². The third-order valence-corrected chi connectivity index (χ3v) is 12.6. The number of benzene rings is 2. The molecule has 1 saturated carbocycles. The first-order valence-electron chi connectivity index (χ1n) is 12.5. The summed E-state index contributed by atoms with van der Waals surface area (Å²) in [4.78, 5) is 51.6. The van der Waals surface area contributed by atoms with Crippen molar-refractivity contribution in [2.75, 3.05) is 16.3 Å². The van der Waals surface area contributed by atoms with Gasteiger partial charge in [0.1, 0.15) is 15.5 Å². The van der Waals surface area contributed by atoms with E-state index in [1.165, 1.54) is 18.2 Å². The molecular weight excluding hydrogens is 657 g/mol. The Balaban J connectivity index is 1.22. The van der Waals surface area contributed by atoms with E-state index in [9.17, 15) is 19.2 Å². The number of nitrogens with zero attached hydrogens (tertiary/aromatic N) is 2. The van der Waals surface area contributed by atoms with Crippen molar-refractivity contribution in [3.63, 3.8) is 0 Å². The third-order valence-electron chi connectivity index (χ3n) is 8.31. The second-order valence-corrected chi connectivity index (χ2v) is 14.0. The van der Waals surface area contributed by atoms with Crippen LogP contribution in [0.1, 0.15) is 17.5 Å². The van der Waals surface area contributed by atoms with E-state index in [0.29, 0.717) is 5.56 Å². The third kappa shape index (κ3) is 3.72. The van der Waals surface area contributed by atoms with Crippen LogP contribution in [0.5, 0.6) is 5.75 Å². The summed E-state index contributed by atoms with van der Waals surface area (Å²) in [6.07, 6.45) is 0.0194. The number of halogens is 6. The number of hydrogen-bond acceptors (Lipinski definition) is 5. The second kappa shape index (κ2) is 9.50. The molecule has 0 unspecified atom stereocenters. The van der Waals surface area contributed by atoms with Crippen molar-refractivity contribution < 1.29 is 23.9 Å². The topological polar surface area (TPSA) is 84.0 Å². The summed E-state index contributed by atoms with van der Waals surface area (Å²) in [6.45, 7) is 3.76. The largest absolute Gasteiger partial charge is 0.426 e. The number of allylic oxidation sites excluding steroid dienone is 2. The number of fused-ring (bicyclic) bond motifs is 5. The van der Waals surface area contributed by atoms with Crippen LogP contribution in [-0.4, -0.2) is 44.3 Å².